The van der Waals surface area contributed by atoms with Gasteiger partial charge in [-0.05, 0) is 55.3 Å². The molecule has 8 nitrogen and oxygen atoms in total. The third-order valence-corrected chi connectivity index (χ3v) is 10.1. The van der Waals surface area contributed by atoms with Gasteiger partial charge in [-0.25, -0.2) is 8.42 Å². The van der Waals surface area contributed by atoms with Crippen LogP contribution >= 0.6 is 23.2 Å². The van der Waals surface area contributed by atoms with Gasteiger partial charge in [0.05, 0.1) is 17.7 Å². The van der Waals surface area contributed by atoms with E-state index in [4.69, 9.17) is 27.9 Å². The Kier molecular flexibility index (Phi) is 12.1. The van der Waals surface area contributed by atoms with Crippen LogP contribution in [0.4, 0.5) is 5.69 Å². The summed E-state index contributed by atoms with van der Waals surface area (Å²) in [5, 5.41) is 3.63. The number of nitrogens with one attached hydrogen (secondary N) is 1. The monoisotopic (exact) mass is 681 g/mol. The molecule has 0 unspecified atom stereocenters. The smallest absolute Gasteiger partial charge is 0.264 e. The molecule has 1 N–H and O–H groups in total. The second kappa shape index (κ2) is 16.0. The molecule has 0 aliphatic carbocycles. The second-order valence-corrected chi connectivity index (χ2v) is 13.4. The largest absolute Gasteiger partial charge is 0.497 e. The molecule has 46 heavy (non-hydrogen) atoms. The maximum absolute atomic E-state index is 14.6. The molecule has 4 rings (SSSR count). The van der Waals surface area contributed by atoms with E-state index in [2.05, 4.69) is 5.32 Å². The first-order valence-electron chi connectivity index (χ1n) is 14.8. The van der Waals surface area contributed by atoms with Crippen LogP contribution in [0, 0.1) is 0 Å². The molecule has 0 heterocycles. The summed E-state index contributed by atoms with van der Waals surface area (Å²) in [7, 11) is -2.78. The average Bonchev–Trinajstić information content (AvgIpc) is 3.06. The highest BCUT2D eigenvalue weighted by molar-refractivity contribution is 7.92. The highest BCUT2D eigenvalue weighted by Gasteiger charge is 2.35. The molecule has 2 atom stereocenters. The van der Waals surface area contributed by atoms with Crippen molar-refractivity contribution in [3.05, 3.63) is 124 Å². The van der Waals surface area contributed by atoms with E-state index in [0.717, 1.165) is 9.87 Å². The van der Waals surface area contributed by atoms with Crippen molar-refractivity contribution in [3.8, 4) is 5.75 Å². The summed E-state index contributed by atoms with van der Waals surface area (Å²) in [6.45, 7) is 3.07. The van der Waals surface area contributed by atoms with Crippen LogP contribution in [0.1, 0.15) is 31.4 Å². The molecule has 0 aliphatic heterocycles. The maximum Gasteiger partial charge on any atom is 0.264 e. The first-order valence-corrected chi connectivity index (χ1v) is 17.0. The van der Waals surface area contributed by atoms with E-state index in [1.165, 1.54) is 24.1 Å². The standard InChI is InChI=1S/C35H37Cl2N3O5S/c1-4-25(2)38-35(42)33(21-26-13-7-5-8-14-26)39(23-30-31(36)19-12-20-32(30)37)34(41)24-40(27-15-11-16-28(22-27)45-3)46(43,44)29-17-9-6-10-18-29/h5-20,22,25,33H,4,21,23-24H2,1-3H3,(H,38,42)/t25-,33-/m1/s1. The van der Waals surface area contributed by atoms with E-state index in [1.807, 2.05) is 44.2 Å². The van der Waals surface area contributed by atoms with Gasteiger partial charge in [-0.2, -0.15) is 0 Å². The van der Waals surface area contributed by atoms with Gasteiger partial charge in [-0.1, -0.05) is 90.8 Å². The minimum absolute atomic E-state index is 0.00154. The Bertz CT molecular complexity index is 1720. The van der Waals surface area contributed by atoms with Crippen molar-refractivity contribution in [1.82, 2.24) is 10.2 Å². The molecule has 0 saturated carbocycles. The van der Waals surface area contributed by atoms with E-state index in [0.29, 0.717) is 27.8 Å². The van der Waals surface area contributed by atoms with Gasteiger partial charge in [0, 0.05) is 40.7 Å². The van der Waals surface area contributed by atoms with Gasteiger partial charge in [0.1, 0.15) is 18.3 Å². The van der Waals surface area contributed by atoms with Crippen LogP contribution in [-0.2, 0) is 32.6 Å². The van der Waals surface area contributed by atoms with E-state index >= 15 is 0 Å². The van der Waals surface area contributed by atoms with Gasteiger partial charge < -0.3 is 15.0 Å². The van der Waals surface area contributed by atoms with Gasteiger partial charge in [-0.15, -0.1) is 0 Å². The van der Waals surface area contributed by atoms with E-state index in [1.54, 1.807) is 60.7 Å². The van der Waals surface area contributed by atoms with Crippen molar-refractivity contribution >= 4 is 50.7 Å². The number of anilines is 1. The van der Waals surface area contributed by atoms with Crippen LogP contribution in [0.3, 0.4) is 0 Å². The number of amides is 2. The molecular weight excluding hydrogens is 645 g/mol. The summed E-state index contributed by atoms with van der Waals surface area (Å²) < 4.78 is 34.7. The summed E-state index contributed by atoms with van der Waals surface area (Å²) in [5.41, 5.74) is 1.47. The van der Waals surface area contributed by atoms with Gasteiger partial charge in [0.25, 0.3) is 10.0 Å². The first kappa shape index (κ1) is 34.8. The predicted molar refractivity (Wildman–Crippen MR) is 183 cm³/mol. The fourth-order valence-electron chi connectivity index (χ4n) is 4.86. The number of hydrogen-bond acceptors (Lipinski definition) is 5. The van der Waals surface area contributed by atoms with Crippen molar-refractivity contribution < 1.29 is 22.7 Å². The molecule has 11 heteroatoms. The Morgan fingerprint density at radius 2 is 1.48 bits per heavy atom. The van der Waals surface area contributed by atoms with Crippen LogP contribution in [0.25, 0.3) is 0 Å². The fourth-order valence-corrected chi connectivity index (χ4v) is 6.81. The lowest BCUT2D eigenvalue weighted by atomic mass is 10.0. The first-order chi connectivity index (χ1) is 22.0. The van der Waals surface area contributed by atoms with Crippen molar-refractivity contribution in [2.24, 2.45) is 0 Å². The van der Waals surface area contributed by atoms with Gasteiger partial charge >= 0.3 is 0 Å². The summed E-state index contributed by atoms with van der Waals surface area (Å²) in [6.07, 6.45) is 0.842. The summed E-state index contributed by atoms with van der Waals surface area (Å²) in [6, 6.07) is 27.4. The van der Waals surface area contributed by atoms with Crippen molar-refractivity contribution in [2.75, 3.05) is 18.0 Å². The minimum Gasteiger partial charge on any atom is -0.497 e. The molecule has 4 aromatic rings. The Morgan fingerprint density at radius 1 is 0.870 bits per heavy atom. The van der Waals surface area contributed by atoms with E-state index in [-0.39, 0.29) is 35.5 Å². The molecule has 0 fully saturated rings. The third-order valence-electron chi connectivity index (χ3n) is 7.61. The summed E-state index contributed by atoms with van der Waals surface area (Å²) >= 11 is 13.1. The summed E-state index contributed by atoms with van der Waals surface area (Å²) in [5.74, 6) is -0.597. The number of carbonyl (C=O) groups excluding carboxylic acids is 2. The molecule has 0 radical (unpaired) electrons. The number of ether oxygens (including phenoxy) is 1. The fraction of sp³-hybridized carbons (Fsp3) is 0.257. The molecule has 4 aromatic carbocycles. The molecule has 0 bridgehead atoms. The number of halogens is 2. The number of hydrogen-bond donors (Lipinski definition) is 1. The lowest BCUT2D eigenvalue weighted by Crippen LogP contribution is -2.54. The van der Waals surface area contributed by atoms with Gasteiger partial charge in [0.2, 0.25) is 11.8 Å². The lowest BCUT2D eigenvalue weighted by Gasteiger charge is -2.34. The second-order valence-electron chi connectivity index (χ2n) is 10.8. The lowest BCUT2D eigenvalue weighted by molar-refractivity contribution is -0.140. The molecule has 0 saturated heterocycles. The molecule has 242 valence electrons. The van der Waals surface area contributed by atoms with Crippen LogP contribution < -0.4 is 14.4 Å². The number of methoxy groups -OCH3 is 1. The quantitative estimate of drug-likeness (QED) is 0.159. The van der Waals surface area contributed by atoms with E-state index < -0.39 is 28.5 Å². The van der Waals surface area contributed by atoms with Crippen LogP contribution in [0.2, 0.25) is 10.0 Å². The minimum atomic E-state index is -4.25. The van der Waals surface area contributed by atoms with Gasteiger partial charge in [-0.3, -0.25) is 13.9 Å². The summed E-state index contributed by atoms with van der Waals surface area (Å²) in [4.78, 5) is 29.9. The van der Waals surface area contributed by atoms with E-state index in [9.17, 15) is 18.0 Å². The normalized spacial score (nSPS) is 12.5. The molecule has 0 aliphatic rings. The number of benzene rings is 4. The molecule has 0 spiro atoms. The number of carbonyl (C=O) groups is 2. The highest BCUT2D eigenvalue weighted by Crippen LogP contribution is 2.30. The Labute approximate surface area is 280 Å². The molecule has 0 aromatic heterocycles. The van der Waals surface area contributed by atoms with Crippen LogP contribution in [0.15, 0.2) is 108 Å². The zero-order valence-electron chi connectivity index (χ0n) is 25.9. The average molecular weight is 683 g/mol. The maximum atomic E-state index is 14.6. The highest BCUT2D eigenvalue weighted by atomic mass is 35.5. The van der Waals surface area contributed by atoms with Crippen LogP contribution in [-0.4, -0.2) is 50.9 Å². The number of nitrogens with zero attached hydrogens (tertiary/aromatic N) is 2. The Hall–Kier alpha value is -4.05. The van der Waals surface area contributed by atoms with Crippen molar-refractivity contribution in [3.63, 3.8) is 0 Å². The third kappa shape index (κ3) is 8.60. The van der Waals surface area contributed by atoms with Crippen LogP contribution in [0.5, 0.6) is 5.75 Å². The number of sulfonamides is 1. The van der Waals surface area contributed by atoms with Crippen molar-refractivity contribution in [2.45, 2.75) is 50.2 Å². The molecular formula is C35H37Cl2N3O5S. The topological polar surface area (TPSA) is 96.0 Å². The SMILES string of the molecule is CC[C@@H](C)NC(=O)[C@@H](Cc1ccccc1)N(Cc1c(Cl)cccc1Cl)C(=O)CN(c1cccc(OC)c1)S(=O)(=O)c1ccccc1. The van der Waals surface area contributed by atoms with Crippen molar-refractivity contribution in [1.29, 1.82) is 0 Å². The Balaban J connectivity index is 1.85. The Morgan fingerprint density at radius 3 is 2.09 bits per heavy atom. The predicted octanol–water partition coefficient (Wildman–Crippen LogP) is 6.75. The molecule has 2 amide bonds. The number of rotatable bonds is 14. The van der Waals surface area contributed by atoms with Gasteiger partial charge in [0.15, 0.2) is 0 Å². The zero-order chi connectivity index (χ0) is 33.3. The zero-order valence-corrected chi connectivity index (χ0v) is 28.2.